The van der Waals surface area contributed by atoms with Gasteiger partial charge in [-0.3, -0.25) is 19.3 Å². The van der Waals surface area contributed by atoms with Gasteiger partial charge in [-0.15, -0.1) is 0 Å². The predicted octanol–water partition coefficient (Wildman–Crippen LogP) is 1.60. The molecule has 2 fully saturated rings. The number of anilines is 1. The van der Waals surface area contributed by atoms with Crippen LogP contribution in [0.5, 0.6) is 0 Å². The van der Waals surface area contributed by atoms with E-state index in [1.165, 1.54) is 48.2 Å². The Morgan fingerprint density at radius 1 is 1.02 bits per heavy atom. The number of rotatable bonds is 8. The van der Waals surface area contributed by atoms with E-state index in [2.05, 4.69) is 4.90 Å². The average Bonchev–Trinajstić information content (AvgIpc) is 3.35. The molecule has 11 nitrogen and oxygen atoms in total. The smallest absolute Gasteiger partial charge is 0.296 e. The number of benzene rings is 2. The Hall–Kier alpha value is -3.58. The average molecular weight is 583 g/mol. The summed E-state index contributed by atoms with van der Waals surface area (Å²) in [6.07, 6.45) is 0.493. The highest BCUT2D eigenvalue weighted by Crippen LogP contribution is 2.53. The van der Waals surface area contributed by atoms with Gasteiger partial charge in [-0.2, -0.15) is 0 Å². The van der Waals surface area contributed by atoms with E-state index in [1.807, 2.05) is 0 Å². The summed E-state index contributed by atoms with van der Waals surface area (Å²) in [5.41, 5.74) is -1.25. The van der Waals surface area contributed by atoms with Crippen molar-refractivity contribution in [3.8, 4) is 0 Å². The molecule has 218 valence electrons. The van der Waals surface area contributed by atoms with Gasteiger partial charge in [0.25, 0.3) is 17.6 Å². The molecular formula is C29H34N4O7S. The molecule has 1 N–H and O–H groups in total. The Morgan fingerprint density at radius 2 is 1.73 bits per heavy atom. The van der Waals surface area contributed by atoms with Crippen LogP contribution in [0, 0.1) is 0 Å². The SMILES string of the molecule is CCN1C(=O)C2(/C(=C(\O)c3cccc(S(=O)(=O)N(C)C)c3)C(=O)C(=O)N2CCCN2CCOCC2)c2ccccc21. The van der Waals surface area contributed by atoms with Crippen molar-refractivity contribution >= 4 is 39.1 Å². The number of likely N-dealkylation sites (tertiary alicyclic amines) is 1. The molecule has 12 heteroatoms. The van der Waals surface area contributed by atoms with Gasteiger partial charge in [0.15, 0.2) is 5.54 Å². The predicted molar refractivity (Wildman–Crippen MR) is 152 cm³/mol. The number of carbonyl (C=O) groups excluding carboxylic acids is 3. The topological polar surface area (TPSA) is 128 Å². The highest BCUT2D eigenvalue weighted by molar-refractivity contribution is 7.89. The maximum absolute atomic E-state index is 14.4. The molecule has 2 amide bonds. The van der Waals surface area contributed by atoms with E-state index in [9.17, 15) is 27.9 Å². The third-order valence-electron chi connectivity index (χ3n) is 7.97. The highest BCUT2D eigenvalue weighted by Gasteiger charge is 2.66. The third-order valence-corrected chi connectivity index (χ3v) is 9.78. The van der Waals surface area contributed by atoms with E-state index in [0.29, 0.717) is 37.4 Å². The van der Waals surface area contributed by atoms with Crippen LogP contribution in [0.3, 0.4) is 0 Å². The van der Waals surface area contributed by atoms with Gasteiger partial charge in [0.2, 0.25) is 10.0 Å². The van der Waals surface area contributed by atoms with Crippen molar-refractivity contribution in [3.63, 3.8) is 0 Å². The molecule has 3 aliphatic rings. The fraction of sp³-hybridized carbons (Fsp3) is 0.414. The molecule has 0 saturated carbocycles. The first-order valence-corrected chi connectivity index (χ1v) is 15.0. The Labute approximate surface area is 239 Å². The van der Waals surface area contributed by atoms with Crippen LogP contribution in [-0.4, -0.2) is 105 Å². The van der Waals surface area contributed by atoms with E-state index in [4.69, 9.17) is 4.74 Å². The third kappa shape index (κ3) is 4.55. The number of nitrogens with zero attached hydrogens (tertiary/aromatic N) is 4. The number of aliphatic hydroxyl groups is 1. The molecule has 5 rings (SSSR count). The highest BCUT2D eigenvalue weighted by atomic mass is 32.2. The fourth-order valence-electron chi connectivity index (χ4n) is 5.92. The monoisotopic (exact) mass is 582 g/mol. The quantitative estimate of drug-likeness (QED) is 0.283. The van der Waals surface area contributed by atoms with Crippen LogP contribution in [0.2, 0.25) is 0 Å². The molecule has 0 radical (unpaired) electrons. The standard InChI is InChI=1S/C29H34N4O7S/c1-4-32-23-12-6-5-11-22(23)29(28(32)37)24(25(34)20-9-7-10-21(19-20)41(38,39)30(2)3)26(35)27(36)33(29)14-8-13-31-15-17-40-18-16-31/h5-7,9-12,19,34H,4,8,13-18H2,1-3H3/b25-24-. The Morgan fingerprint density at radius 3 is 2.41 bits per heavy atom. The largest absolute Gasteiger partial charge is 0.507 e. The van der Waals surface area contributed by atoms with Crippen LogP contribution >= 0.6 is 0 Å². The summed E-state index contributed by atoms with van der Waals surface area (Å²) >= 11 is 0. The maximum Gasteiger partial charge on any atom is 0.296 e. The van der Waals surface area contributed by atoms with Crippen LogP contribution in [0.15, 0.2) is 59.0 Å². The zero-order chi connectivity index (χ0) is 29.5. The first kappa shape index (κ1) is 28.9. The fourth-order valence-corrected chi connectivity index (χ4v) is 6.86. The maximum atomic E-state index is 14.4. The van der Waals surface area contributed by atoms with Crippen molar-refractivity contribution in [2.24, 2.45) is 0 Å². The van der Waals surface area contributed by atoms with Gasteiger partial charge in [-0.05, 0) is 31.5 Å². The molecule has 1 atom stereocenters. The van der Waals surface area contributed by atoms with Crippen molar-refractivity contribution in [2.45, 2.75) is 23.8 Å². The number of ketones is 1. The number of likely N-dealkylation sites (N-methyl/N-ethyl adjacent to an activating group) is 1. The summed E-state index contributed by atoms with van der Waals surface area (Å²) in [7, 11) is -1.09. The van der Waals surface area contributed by atoms with Crippen LogP contribution in [-0.2, 0) is 34.7 Å². The van der Waals surface area contributed by atoms with Gasteiger partial charge >= 0.3 is 0 Å². The number of hydrogen-bond donors (Lipinski definition) is 1. The Balaban J connectivity index is 1.67. The van der Waals surface area contributed by atoms with E-state index < -0.39 is 38.9 Å². The minimum absolute atomic E-state index is 0.0128. The number of para-hydroxylation sites is 1. The lowest BCUT2D eigenvalue weighted by molar-refractivity contribution is -0.143. The molecule has 3 heterocycles. The number of Topliss-reactive ketones (excluding diaryl/α,β-unsaturated/α-hetero) is 1. The number of carbonyl (C=O) groups is 3. The second-order valence-electron chi connectivity index (χ2n) is 10.4. The van der Waals surface area contributed by atoms with Crippen LogP contribution < -0.4 is 4.90 Å². The molecule has 1 unspecified atom stereocenters. The number of amides is 2. The molecule has 2 aromatic carbocycles. The second-order valence-corrected chi connectivity index (χ2v) is 12.6. The van der Waals surface area contributed by atoms with Gasteiger partial charge in [0.1, 0.15) is 5.76 Å². The van der Waals surface area contributed by atoms with Gasteiger partial charge in [0, 0.05) is 57.9 Å². The van der Waals surface area contributed by atoms with Crippen molar-refractivity contribution < 1.29 is 32.6 Å². The summed E-state index contributed by atoms with van der Waals surface area (Å²) in [4.78, 5) is 46.7. The van der Waals surface area contributed by atoms with Crippen molar-refractivity contribution in [3.05, 3.63) is 65.2 Å². The summed E-state index contributed by atoms with van der Waals surface area (Å²) < 4.78 is 32.1. The van der Waals surface area contributed by atoms with Crippen molar-refractivity contribution in [1.29, 1.82) is 0 Å². The summed E-state index contributed by atoms with van der Waals surface area (Å²) in [6, 6.07) is 12.5. The lowest BCUT2D eigenvalue weighted by atomic mass is 9.82. The molecule has 0 aromatic heterocycles. The van der Waals surface area contributed by atoms with E-state index in [0.717, 1.165) is 17.4 Å². The number of aliphatic hydroxyl groups excluding tert-OH is 1. The summed E-state index contributed by atoms with van der Waals surface area (Å²) in [6.45, 7) is 5.56. The summed E-state index contributed by atoms with van der Waals surface area (Å²) in [5, 5.41) is 11.7. The molecule has 1 spiro atoms. The summed E-state index contributed by atoms with van der Waals surface area (Å²) in [5.74, 6) is -2.98. The number of morpholine rings is 1. The Kier molecular flexibility index (Phi) is 7.77. The molecular weight excluding hydrogens is 548 g/mol. The Bertz CT molecular complexity index is 1530. The lowest BCUT2D eigenvalue weighted by Crippen LogP contribution is -2.52. The molecule has 2 saturated heterocycles. The first-order chi connectivity index (χ1) is 19.6. The normalized spacial score (nSPS) is 22.8. The number of sulfonamides is 1. The minimum atomic E-state index is -3.87. The zero-order valence-corrected chi connectivity index (χ0v) is 24.2. The first-order valence-electron chi connectivity index (χ1n) is 13.6. The van der Waals surface area contributed by atoms with E-state index >= 15 is 0 Å². The number of fused-ring (bicyclic) bond motifs is 2. The molecule has 41 heavy (non-hydrogen) atoms. The minimum Gasteiger partial charge on any atom is -0.507 e. The number of hydrogen-bond acceptors (Lipinski definition) is 8. The molecule has 0 aliphatic carbocycles. The van der Waals surface area contributed by atoms with Crippen molar-refractivity contribution in [2.75, 3.05) is 64.9 Å². The van der Waals surface area contributed by atoms with Gasteiger partial charge in [-0.1, -0.05) is 30.3 Å². The van der Waals surface area contributed by atoms with Crippen LogP contribution in [0.4, 0.5) is 5.69 Å². The molecule has 3 aliphatic heterocycles. The molecule has 0 bridgehead atoms. The van der Waals surface area contributed by atoms with Gasteiger partial charge in [0.05, 0.1) is 29.4 Å². The van der Waals surface area contributed by atoms with Crippen LogP contribution in [0.1, 0.15) is 24.5 Å². The lowest BCUT2D eigenvalue weighted by Gasteiger charge is -2.35. The van der Waals surface area contributed by atoms with Crippen LogP contribution in [0.25, 0.3) is 5.76 Å². The van der Waals surface area contributed by atoms with Crippen molar-refractivity contribution in [1.82, 2.24) is 14.1 Å². The number of ether oxygens (including phenoxy) is 1. The van der Waals surface area contributed by atoms with E-state index in [1.54, 1.807) is 31.2 Å². The van der Waals surface area contributed by atoms with E-state index in [-0.39, 0.29) is 29.1 Å². The van der Waals surface area contributed by atoms with Gasteiger partial charge in [-0.25, -0.2) is 12.7 Å². The second kappa shape index (κ2) is 11.0. The molecule has 2 aromatic rings. The zero-order valence-electron chi connectivity index (χ0n) is 23.4. The van der Waals surface area contributed by atoms with Gasteiger partial charge < -0.3 is 19.6 Å².